The maximum Gasteiger partial charge on any atom is 0.253 e. The molecule has 32 heavy (non-hydrogen) atoms. The number of halogens is 1. The number of hydrogen-bond donors (Lipinski definition) is 0. The highest BCUT2D eigenvalue weighted by molar-refractivity contribution is 7.20. The van der Waals surface area contributed by atoms with E-state index in [-0.39, 0.29) is 5.91 Å². The molecule has 2 aromatic heterocycles. The maximum absolute atomic E-state index is 12.9. The first-order chi connectivity index (χ1) is 15.4. The minimum absolute atomic E-state index is 0.0782. The Morgan fingerprint density at radius 1 is 1.00 bits per heavy atom. The number of piperazine rings is 1. The van der Waals surface area contributed by atoms with Crippen molar-refractivity contribution in [3.05, 3.63) is 70.0 Å². The van der Waals surface area contributed by atoms with E-state index in [1.165, 1.54) is 0 Å². The topological polar surface area (TPSA) is 54.3 Å². The van der Waals surface area contributed by atoms with Crippen LogP contribution in [0, 0.1) is 20.8 Å². The summed E-state index contributed by atoms with van der Waals surface area (Å²) >= 11 is 8.26. The van der Waals surface area contributed by atoms with E-state index in [0.717, 1.165) is 43.6 Å². The number of carbonyl (C=O) groups is 1. The molecule has 1 aliphatic heterocycles. The van der Waals surface area contributed by atoms with Gasteiger partial charge in [-0.1, -0.05) is 40.6 Å². The standard InChI is InChI=1S/C24H24ClN5OS/c1-15-4-6-18(7-5-15)23(31)29-12-10-28(11-13-29)22-19(25)8-9-20-21(22)26-24(32-20)30-17(3)14-16(2)27-30/h4-9,14H,10-13H2,1-3H3. The molecule has 3 heterocycles. The summed E-state index contributed by atoms with van der Waals surface area (Å²) in [6.07, 6.45) is 0. The fraction of sp³-hybridized carbons (Fsp3) is 0.292. The van der Waals surface area contributed by atoms with Crippen LogP contribution in [0.25, 0.3) is 15.3 Å². The third-order valence-electron chi connectivity index (χ3n) is 5.85. The van der Waals surface area contributed by atoms with Gasteiger partial charge in [-0.3, -0.25) is 4.79 Å². The lowest BCUT2D eigenvalue weighted by molar-refractivity contribution is 0.0747. The molecule has 1 saturated heterocycles. The molecule has 0 aliphatic carbocycles. The van der Waals surface area contributed by atoms with Gasteiger partial charge in [0.15, 0.2) is 0 Å². The van der Waals surface area contributed by atoms with E-state index in [2.05, 4.69) is 10.00 Å². The first kappa shape index (κ1) is 21.0. The van der Waals surface area contributed by atoms with Crippen LogP contribution in [0.3, 0.4) is 0 Å². The summed E-state index contributed by atoms with van der Waals surface area (Å²) in [5, 5.41) is 6.09. The molecule has 0 bridgehead atoms. The molecule has 0 saturated carbocycles. The van der Waals surface area contributed by atoms with Gasteiger partial charge < -0.3 is 9.80 Å². The monoisotopic (exact) mass is 465 g/mol. The SMILES string of the molecule is Cc1ccc(C(=O)N2CCN(c3c(Cl)ccc4sc(-n5nc(C)cc5C)nc34)CC2)cc1. The van der Waals surface area contributed by atoms with Gasteiger partial charge in [0.2, 0.25) is 5.13 Å². The zero-order valence-electron chi connectivity index (χ0n) is 18.3. The van der Waals surface area contributed by atoms with E-state index >= 15 is 0 Å². The molecule has 2 aromatic carbocycles. The van der Waals surface area contributed by atoms with Crippen molar-refractivity contribution in [2.75, 3.05) is 31.1 Å². The number of amides is 1. The molecule has 5 rings (SSSR count). The molecular formula is C24H24ClN5OS. The Kier molecular flexibility index (Phi) is 5.39. The van der Waals surface area contributed by atoms with Crippen LogP contribution in [-0.4, -0.2) is 51.8 Å². The van der Waals surface area contributed by atoms with Crippen molar-refractivity contribution in [2.24, 2.45) is 0 Å². The number of nitrogens with zero attached hydrogens (tertiary/aromatic N) is 5. The minimum atomic E-state index is 0.0782. The Morgan fingerprint density at radius 2 is 1.72 bits per heavy atom. The van der Waals surface area contributed by atoms with Crippen LogP contribution in [0.1, 0.15) is 27.3 Å². The lowest BCUT2D eigenvalue weighted by Crippen LogP contribution is -2.49. The lowest BCUT2D eigenvalue weighted by Gasteiger charge is -2.36. The number of anilines is 1. The number of rotatable bonds is 3. The highest BCUT2D eigenvalue weighted by atomic mass is 35.5. The molecular weight excluding hydrogens is 442 g/mol. The summed E-state index contributed by atoms with van der Waals surface area (Å²) in [5.74, 6) is 0.0782. The van der Waals surface area contributed by atoms with Gasteiger partial charge in [-0.25, -0.2) is 9.67 Å². The van der Waals surface area contributed by atoms with E-state index in [0.29, 0.717) is 31.2 Å². The number of fused-ring (bicyclic) bond motifs is 1. The largest absolute Gasteiger partial charge is 0.365 e. The second-order valence-electron chi connectivity index (χ2n) is 8.22. The van der Waals surface area contributed by atoms with Crippen molar-refractivity contribution < 1.29 is 4.79 Å². The third kappa shape index (κ3) is 3.76. The molecule has 0 atom stereocenters. The maximum atomic E-state index is 12.9. The van der Waals surface area contributed by atoms with Crippen LogP contribution >= 0.6 is 22.9 Å². The van der Waals surface area contributed by atoms with Crippen LogP contribution in [0.15, 0.2) is 42.5 Å². The van der Waals surface area contributed by atoms with Crippen molar-refractivity contribution in [1.29, 1.82) is 0 Å². The van der Waals surface area contributed by atoms with Crippen LogP contribution in [0.4, 0.5) is 5.69 Å². The summed E-state index contributed by atoms with van der Waals surface area (Å²) in [4.78, 5) is 22.0. The minimum Gasteiger partial charge on any atom is -0.365 e. The van der Waals surface area contributed by atoms with E-state index in [4.69, 9.17) is 16.6 Å². The number of carbonyl (C=O) groups excluding carboxylic acids is 1. The molecule has 4 aromatic rings. The molecule has 1 amide bonds. The summed E-state index contributed by atoms with van der Waals surface area (Å²) in [6, 6.07) is 13.8. The summed E-state index contributed by atoms with van der Waals surface area (Å²) in [7, 11) is 0. The summed E-state index contributed by atoms with van der Waals surface area (Å²) in [5.41, 5.74) is 5.74. The predicted molar refractivity (Wildman–Crippen MR) is 131 cm³/mol. The molecule has 8 heteroatoms. The highest BCUT2D eigenvalue weighted by Crippen LogP contribution is 2.38. The number of aromatic nitrogens is 3. The van der Waals surface area contributed by atoms with E-state index in [9.17, 15) is 4.79 Å². The fourth-order valence-corrected chi connectivity index (χ4v) is 5.42. The quantitative estimate of drug-likeness (QED) is 0.426. The second kappa shape index (κ2) is 8.22. The van der Waals surface area contributed by atoms with Crippen LogP contribution in [-0.2, 0) is 0 Å². The van der Waals surface area contributed by atoms with Gasteiger partial charge in [0, 0.05) is 37.4 Å². The van der Waals surface area contributed by atoms with Gasteiger partial charge in [-0.2, -0.15) is 5.10 Å². The Bertz CT molecular complexity index is 1300. The fourth-order valence-electron chi connectivity index (χ4n) is 4.17. The molecule has 164 valence electrons. The molecule has 0 spiro atoms. The van der Waals surface area contributed by atoms with Crippen molar-refractivity contribution >= 4 is 44.7 Å². The first-order valence-corrected chi connectivity index (χ1v) is 11.8. The van der Waals surface area contributed by atoms with E-state index in [1.807, 2.05) is 72.8 Å². The van der Waals surface area contributed by atoms with Crippen molar-refractivity contribution in [3.8, 4) is 5.13 Å². The van der Waals surface area contributed by atoms with Crippen LogP contribution in [0.5, 0.6) is 0 Å². The predicted octanol–water partition coefficient (Wildman–Crippen LogP) is 5.02. The number of benzene rings is 2. The third-order valence-corrected chi connectivity index (χ3v) is 7.15. The molecule has 0 unspecified atom stereocenters. The molecule has 1 fully saturated rings. The lowest BCUT2D eigenvalue weighted by atomic mass is 10.1. The zero-order chi connectivity index (χ0) is 22.4. The smallest absolute Gasteiger partial charge is 0.253 e. The summed E-state index contributed by atoms with van der Waals surface area (Å²) in [6.45, 7) is 8.75. The molecule has 0 N–H and O–H groups in total. The first-order valence-electron chi connectivity index (χ1n) is 10.6. The molecule has 0 radical (unpaired) electrons. The Balaban J connectivity index is 1.40. The summed E-state index contributed by atoms with van der Waals surface area (Å²) < 4.78 is 2.96. The number of aryl methyl sites for hydroxylation is 3. The zero-order valence-corrected chi connectivity index (χ0v) is 19.9. The van der Waals surface area contributed by atoms with Gasteiger partial charge in [-0.05, 0) is 51.1 Å². The van der Waals surface area contributed by atoms with Gasteiger partial charge in [0.1, 0.15) is 5.52 Å². The van der Waals surface area contributed by atoms with Gasteiger partial charge in [0.05, 0.1) is 21.1 Å². The highest BCUT2D eigenvalue weighted by Gasteiger charge is 2.26. The van der Waals surface area contributed by atoms with E-state index in [1.54, 1.807) is 11.3 Å². The second-order valence-corrected chi connectivity index (χ2v) is 9.64. The molecule has 6 nitrogen and oxygen atoms in total. The normalized spacial score (nSPS) is 14.4. The van der Waals surface area contributed by atoms with E-state index < -0.39 is 0 Å². The Hall–Kier alpha value is -2.90. The van der Waals surface area contributed by atoms with Crippen molar-refractivity contribution in [1.82, 2.24) is 19.7 Å². The number of hydrogen-bond acceptors (Lipinski definition) is 5. The van der Waals surface area contributed by atoms with Crippen LogP contribution in [0.2, 0.25) is 5.02 Å². The van der Waals surface area contributed by atoms with Crippen molar-refractivity contribution in [2.45, 2.75) is 20.8 Å². The average molecular weight is 466 g/mol. The van der Waals surface area contributed by atoms with Gasteiger partial charge in [-0.15, -0.1) is 0 Å². The molecule has 1 aliphatic rings. The van der Waals surface area contributed by atoms with Gasteiger partial charge >= 0.3 is 0 Å². The number of thiazole rings is 1. The van der Waals surface area contributed by atoms with Crippen LogP contribution < -0.4 is 4.90 Å². The van der Waals surface area contributed by atoms with Gasteiger partial charge in [0.25, 0.3) is 5.91 Å². The Labute approximate surface area is 196 Å². The Morgan fingerprint density at radius 3 is 2.38 bits per heavy atom. The average Bonchev–Trinajstić information content (AvgIpc) is 3.36. The van der Waals surface area contributed by atoms with Crippen molar-refractivity contribution in [3.63, 3.8) is 0 Å².